The molecule has 0 bridgehead atoms. The van der Waals surface area contributed by atoms with Gasteiger partial charge < -0.3 is 9.84 Å². The van der Waals surface area contributed by atoms with Crippen molar-refractivity contribution in [3.05, 3.63) is 24.3 Å². The summed E-state index contributed by atoms with van der Waals surface area (Å²) in [7, 11) is 0. The van der Waals surface area contributed by atoms with E-state index in [1.165, 1.54) is 89.9 Å². The number of unbranched alkanes of at least 4 members (excludes halogenated alkanes) is 20. The van der Waals surface area contributed by atoms with Crippen molar-refractivity contribution >= 4 is 11.9 Å². The zero-order chi connectivity index (χ0) is 29.4. The third-order valence-corrected chi connectivity index (χ3v) is 7.66. The Bertz CT molecular complexity index is 610. The van der Waals surface area contributed by atoms with Gasteiger partial charge in [-0.1, -0.05) is 148 Å². The van der Waals surface area contributed by atoms with Crippen LogP contribution < -0.4 is 0 Å². The second kappa shape index (κ2) is 31.9. The molecule has 0 saturated heterocycles. The van der Waals surface area contributed by atoms with Crippen molar-refractivity contribution in [2.45, 2.75) is 193 Å². The van der Waals surface area contributed by atoms with E-state index in [0.717, 1.165) is 70.6 Å². The normalized spacial score (nSPS) is 12.4. The minimum Gasteiger partial charge on any atom is -0.481 e. The Kier molecular flexibility index (Phi) is 30.7. The number of carboxylic acid groups (broad SMARTS) is 1. The Morgan fingerprint density at radius 2 is 1.05 bits per heavy atom. The lowest BCUT2D eigenvalue weighted by Gasteiger charge is -2.14. The Morgan fingerprint density at radius 1 is 0.575 bits per heavy atom. The van der Waals surface area contributed by atoms with E-state index in [9.17, 15) is 9.59 Å². The molecule has 4 heteroatoms. The van der Waals surface area contributed by atoms with Gasteiger partial charge in [-0.25, -0.2) is 0 Å². The second-order valence-electron chi connectivity index (χ2n) is 11.7. The molecule has 4 nitrogen and oxygen atoms in total. The van der Waals surface area contributed by atoms with Crippen LogP contribution >= 0.6 is 0 Å². The van der Waals surface area contributed by atoms with Crippen molar-refractivity contribution in [3.63, 3.8) is 0 Å². The van der Waals surface area contributed by atoms with Crippen LogP contribution in [0, 0.1) is 0 Å². The highest BCUT2D eigenvalue weighted by atomic mass is 16.5. The van der Waals surface area contributed by atoms with Crippen molar-refractivity contribution in [1.82, 2.24) is 0 Å². The number of ether oxygens (including phenoxy) is 1. The van der Waals surface area contributed by atoms with Gasteiger partial charge in [0.15, 0.2) is 0 Å². The van der Waals surface area contributed by atoms with Crippen molar-refractivity contribution in [1.29, 1.82) is 0 Å². The number of rotatable bonds is 31. The van der Waals surface area contributed by atoms with E-state index in [-0.39, 0.29) is 18.5 Å². The molecule has 0 aromatic heterocycles. The van der Waals surface area contributed by atoms with Crippen LogP contribution in [0.2, 0.25) is 0 Å². The number of aliphatic carboxylic acids is 1. The maximum atomic E-state index is 12.5. The van der Waals surface area contributed by atoms with Gasteiger partial charge in [0.2, 0.25) is 0 Å². The molecule has 0 rings (SSSR count). The number of carbonyl (C=O) groups is 2. The highest BCUT2D eigenvalue weighted by molar-refractivity contribution is 5.69. The first-order chi connectivity index (χ1) is 19.6. The summed E-state index contributed by atoms with van der Waals surface area (Å²) in [6.07, 6.45) is 39.2. The summed E-state index contributed by atoms with van der Waals surface area (Å²) < 4.78 is 5.87. The summed E-state index contributed by atoms with van der Waals surface area (Å²) in [5, 5.41) is 8.74. The van der Waals surface area contributed by atoms with Gasteiger partial charge >= 0.3 is 11.9 Å². The van der Waals surface area contributed by atoms with Crippen LogP contribution in [0.4, 0.5) is 0 Å². The van der Waals surface area contributed by atoms with Gasteiger partial charge in [0.25, 0.3) is 0 Å². The first kappa shape index (κ1) is 38.4. The molecule has 1 unspecified atom stereocenters. The maximum Gasteiger partial charge on any atom is 0.306 e. The minimum atomic E-state index is -0.703. The highest BCUT2D eigenvalue weighted by Gasteiger charge is 2.11. The molecule has 234 valence electrons. The van der Waals surface area contributed by atoms with Gasteiger partial charge in [-0.05, 0) is 51.0 Å². The molecule has 0 heterocycles. The zero-order valence-electron chi connectivity index (χ0n) is 26.7. The third kappa shape index (κ3) is 31.0. The van der Waals surface area contributed by atoms with Gasteiger partial charge in [-0.15, -0.1) is 0 Å². The predicted octanol–water partition coefficient (Wildman–Crippen LogP) is 11.7. The van der Waals surface area contributed by atoms with Crippen LogP contribution in [-0.4, -0.2) is 23.1 Å². The lowest BCUT2D eigenvalue weighted by molar-refractivity contribution is -0.147. The molecule has 0 spiro atoms. The average Bonchev–Trinajstić information content (AvgIpc) is 2.93. The van der Waals surface area contributed by atoms with Gasteiger partial charge in [-0.2, -0.15) is 0 Å². The van der Waals surface area contributed by atoms with Gasteiger partial charge in [0.1, 0.15) is 6.10 Å². The molecule has 0 amide bonds. The molecular formula is C36H66O4. The fourth-order valence-electron chi connectivity index (χ4n) is 5.07. The number of allylic oxidation sites excluding steroid dienone is 3. The largest absolute Gasteiger partial charge is 0.481 e. The summed E-state index contributed by atoms with van der Waals surface area (Å²) in [4.78, 5) is 23.2. The van der Waals surface area contributed by atoms with Gasteiger partial charge in [0, 0.05) is 12.8 Å². The standard InChI is InChI=1S/C36H66O4/c1-3-5-7-9-11-13-14-15-16-17-19-25-29-33-36(39)40-34(30-26-22-18-12-10-8-6-4-2)31-27-23-20-21-24-28-32-35(37)38/h12,18,26,30,34H,3-11,13-17,19-25,27-29,31-33H2,1-2H3,(H,37,38)/b18-12-,30-26-. The van der Waals surface area contributed by atoms with Gasteiger partial charge in [-0.3, -0.25) is 9.59 Å². The topological polar surface area (TPSA) is 63.6 Å². The molecule has 0 aliphatic rings. The van der Waals surface area contributed by atoms with Gasteiger partial charge in [0.05, 0.1) is 0 Å². The smallest absolute Gasteiger partial charge is 0.306 e. The Labute approximate surface area is 248 Å². The van der Waals surface area contributed by atoms with Crippen LogP contribution in [0.15, 0.2) is 24.3 Å². The Morgan fingerprint density at radius 3 is 1.60 bits per heavy atom. The molecule has 0 radical (unpaired) electrons. The quantitative estimate of drug-likeness (QED) is 0.0518. The lowest BCUT2D eigenvalue weighted by Crippen LogP contribution is -2.16. The lowest BCUT2D eigenvalue weighted by atomic mass is 10.0. The molecule has 1 N–H and O–H groups in total. The van der Waals surface area contributed by atoms with Crippen LogP contribution in [0.5, 0.6) is 0 Å². The fourth-order valence-corrected chi connectivity index (χ4v) is 5.07. The fraction of sp³-hybridized carbons (Fsp3) is 0.833. The molecule has 0 saturated carbocycles. The molecule has 0 fully saturated rings. The summed E-state index contributed by atoms with van der Waals surface area (Å²) in [5.41, 5.74) is 0. The number of esters is 1. The molecule has 0 aromatic rings. The number of carbonyl (C=O) groups excluding carboxylic acids is 1. The van der Waals surface area contributed by atoms with E-state index in [1.54, 1.807) is 0 Å². The number of hydrogen-bond donors (Lipinski definition) is 1. The Balaban J connectivity index is 4.10. The van der Waals surface area contributed by atoms with Crippen molar-refractivity contribution in [3.8, 4) is 0 Å². The van der Waals surface area contributed by atoms with Crippen LogP contribution in [0.25, 0.3) is 0 Å². The minimum absolute atomic E-state index is 0.0542. The van der Waals surface area contributed by atoms with Crippen LogP contribution in [0.3, 0.4) is 0 Å². The molecule has 0 aromatic carbocycles. The second-order valence-corrected chi connectivity index (χ2v) is 11.7. The van der Waals surface area contributed by atoms with E-state index in [2.05, 4.69) is 38.2 Å². The monoisotopic (exact) mass is 562 g/mol. The van der Waals surface area contributed by atoms with E-state index < -0.39 is 5.97 Å². The zero-order valence-corrected chi connectivity index (χ0v) is 26.7. The molecule has 0 aliphatic carbocycles. The van der Waals surface area contributed by atoms with E-state index in [1.807, 2.05) is 0 Å². The summed E-state index contributed by atoms with van der Waals surface area (Å²) >= 11 is 0. The highest BCUT2D eigenvalue weighted by Crippen LogP contribution is 2.16. The molecular weight excluding hydrogens is 496 g/mol. The van der Waals surface area contributed by atoms with E-state index in [4.69, 9.17) is 9.84 Å². The van der Waals surface area contributed by atoms with Crippen LogP contribution in [0.1, 0.15) is 187 Å². The molecule has 40 heavy (non-hydrogen) atoms. The summed E-state index contributed by atoms with van der Waals surface area (Å²) in [6.45, 7) is 4.50. The summed E-state index contributed by atoms with van der Waals surface area (Å²) in [5.74, 6) is -0.757. The van der Waals surface area contributed by atoms with E-state index >= 15 is 0 Å². The van der Waals surface area contributed by atoms with Crippen molar-refractivity contribution in [2.24, 2.45) is 0 Å². The van der Waals surface area contributed by atoms with Crippen molar-refractivity contribution < 1.29 is 19.4 Å². The number of carboxylic acids is 1. The summed E-state index contributed by atoms with van der Waals surface area (Å²) in [6, 6.07) is 0. The van der Waals surface area contributed by atoms with Crippen LogP contribution in [-0.2, 0) is 14.3 Å². The molecule has 0 aliphatic heterocycles. The van der Waals surface area contributed by atoms with Crippen molar-refractivity contribution in [2.75, 3.05) is 0 Å². The predicted molar refractivity (Wildman–Crippen MR) is 172 cm³/mol. The average molecular weight is 563 g/mol. The first-order valence-corrected chi connectivity index (χ1v) is 17.3. The third-order valence-electron chi connectivity index (χ3n) is 7.66. The SMILES string of the molecule is CCCCC/C=C\C/C=C\C(CCCCCCCCC(=O)O)OC(=O)CCCCCCCCCCCCCCC. The number of hydrogen-bond acceptors (Lipinski definition) is 3. The molecule has 1 atom stereocenters. The maximum absolute atomic E-state index is 12.5. The first-order valence-electron chi connectivity index (χ1n) is 17.3. The Hall–Kier alpha value is -1.58. The van der Waals surface area contributed by atoms with E-state index in [0.29, 0.717) is 6.42 Å².